The number of piperidine rings is 1. The Labute approximate surface area is 211 Å². The van der Waals surface area contributed by atoms with Crippen molar-refractivity contribution in [2.45, 2.75) is 25.4 Å². The minimum absolute atomic E-state index is 0.0860. The lowest BCUT2D eigenvalue weighted by atomic mass is 10.0. The molecule has 1 aliphatic heterocycles. The van der Waals surface area contributed by atoms with Gasteiger partial charge < -0.3 is 10.4 Å². The van der Waals surface area contributed by atoms with E-state index in [-0.39, 0.29) is 17.7 Å². The van der Waals surface area contributed by atoms with E-state index in [1.165, 1.54) is 5.56 Å². The standard InChI is InChI=1S/C30H30N4O2/c1-22(35)24-14-12-23(13-15-24)21-33-18-16-26(17-19-33)32-30(36)28-20-31-34(27-10-6-3-7-11-27)29(28)25-8-4-2-5-9-25/h2-15,20,26,35H,1,16-19,21H2,(H,32,36). The molecule has 1 fully saturated rings. The molecule has 0 radical (unpaired) electrons. The smallest absolute Gasteiger partial charge is 0.255 e. The summed E-state index contributed by atoms with van der Waals surface area (Å²) in [6, 6.07) is 27.8. The quantitative estimate of drug-likeness (QED) is 0.346. The van der Waals surface area contributed by atoms with Gasteiger partial charge in [-0.1, -0.05) is 79.4 Å². The van der Waals surface area contributed by atoms with Crippen LogP contribution in [0.5, 0.6) is 0 Å². The first kappa shape index (κ1) is 23.6. The average molecular weight is 479 g/mol. The zero-order valence-electron chi connectivity index (χ0n) is 20.2. The van der Waals surface area contributed by atoms with Gasteiger partial charge in [0.15, 0.2) is 0 Å². The molecule has 0 aliphatic carbocycles. The second-order valence-corrected chi connectivity index (χ2v) is 9.19. The summed E-state index contributed by atoms with van der Waals surface area (Å²) in [5.74, 6) is -0.00264. The van der Waals surface area contributed by atoms with Crippen LogP contribution in [0.2, 0.25) is 0 Å². The monoisotopic (exact) mass is 478 g/mol. The Balaban J connectivity index is 1.26. The Morgan fingerprint density at radius 2 is 1.58 bits per heavy atom. The number of nitrogens with one attached hydrogen (secondary N) is 1. The number of carbonyl (C=O) groups is 1. The number of hydrogen-bond acceptors (Lipinski definition) is 4. The number of nitrogens with zero attached hydrogens (tertiary/aromatic N) is 3. The number of aliphatic hydroxyl groups is 1. The number of aromatic nitrogens is 2. The molecule has 4 aromatic rings. The van der Waals surface area contributed by atoms with E-state index in [1.54, 1.807) is 6.20 Å². The molecule has 3 aromatic carbocycles. The van der Waals surface area contributed by atoms with Crippen LogP contribution >= 0.6 is 0 Å². The fraction of sp³-hybridized carbons (Fsp3) is 0.200. The Morgan fingerprint density at radius 3 is 2.22 bits per heavy atom. The highest BCUT2D eigenvalue weighted by Gasteiger charge is 2.25. The van der Waals surface area contributed by atoms with Crippen molar-refractivity contribution in [3.8, 4) is 16.9 Å². The van der Waals surface area contributed by atoms with Gasteiger partial charge >= 0.3 is 0 Å². The van der Waals surface area contributed by atoms with E-state index in [4.69, 9.17) is 0 Å². The molecule has 1 saturated heterocycles. The van der Waals surface area contributed by atoms with E-state index < -0.39 is 0 Å². The molecule has 2 heterocycles. The van der Waals surface area contributed by atoms with Crippen LogP contribution in [-0.2, 0) is 6.54 Å². The van der Waals surface area contributed by atoms with Crippen LogP contribution in [-0.4, -0.2) is 44.8 Å². The van der Waals surface area contributed by atoms with Crippen molar-refractivity contribution in [3.05, 3.63) is 114 Å². The van der Waals surface area contributed by atoms with Crippen LogP contribution < -0.4 is 5.32 Å². The molecular weight excluding hydrogens is 448 g/mol. The molecule has 36 heavy (non-hydrogen) atoms. The summed E-state index contributed by atoms with van der Waals surface area (Å²) in [7, 11) is 0. The maximum Gasteiger partial charge on any atom is 0.255 e. The summed E-state index contributed by atoms with van der Waals surface area (Å²) in [5, 5.41) is 17.4. The predicted molar refractivity (Wildman–Crippen MR) is 143 cm³/mol. The number of carbonyl (C=O) groups excluding carboxylic acids is 1. The lowest BCUT2D eigenvalue weighted by Crippen LogP contribution is -2.44. The highest BCUT2D eigenvalue weighted by Crippen LogP contribution is 2.27. The summed E-state index contributed by atoms with van der Waals surface area (Å²) in [4.78, 5) is 15.8. The summed E-state index contributed by atoms with van der Waals surface area (Å²) in [6.45, 7) is 6.24. The topological polar surface area (TPSA) is 70.4 Å². The Bertz CT molecular complexity index is 1320. The van der Waals surface area contributed by atoms with Gasteiger partial charge in [0.2, 0.25) is 0 Å². The molecule has 1 amide bonds. The molecule has 0 saturated carbocycles. The average Bonchev–Trinajstić information content (AvgIpc) is 3.37. The van der Waals surface area contributed by atoms with E-state index in [9.17, 15) is 9.90 Å². The first-order valence-corrected chi connectivity index (χ1v) is 12.3. The van der Waals surface area contributed by atoms with Gasteiger partial charge in [-0.25, -0.2) is 4.68 Å². The highest BCUT2D eigenvalue weighted by molar-refractivity contribution is 6.00. The van der Waals surface area contributed by atoms with E-state index in [1.807, 2.05) is 89.6 Å². The van der Waals surface area contributed by atoms with E-state index >= 15 is 0 Å². The third kappa shape index (κ3) is 5.24. The van der Waals surface area contributed by atoms with Gasteiger partial charge in [0, 0.05) is 36.8 Å². The molecule has 0 bridgehead atoms. The van der Waals surface area contributed by atoms with Crippen LogP contribution in [0.15, 0.2) is 97.7 Å². The first-order valence-electron chi connectivity index (χ1n) is 12.3. The fourth-order valence-electron chi connectivity index (χ4n) is 4.71. The van der Waals surface area contributed by atoms with Gasteiger partial charge in [0.05, 0.1) is 23.1 Å². The van der Waals surface area contributed by atoms with E-state index in [0.717, 1.165) is 55.0 Å². The van der Waals surface area contributed by atoms with Gasteiger partial charge in [-0.2, -0.15) is 5.10 Å². The molecule has 0 atom stereocenters. The number of amides is 1. The van der Waals surface area contributed by atoms with Crippen molar-refractivity contribution < 1.29 is 9.90 Å². The molecule has 1 aliphatic rings. The third-order valence-corrected chi connectivity index (χ3v) is 6.68. The second kappa shape index (κ2) is 10.6. The van der Waals surface area contributed by atoms with Gasteiger partial charge in [0.25, 0.3) is 5.91 Å². The van der Waals surface area contributed by atoms with Crippen LogP contribution in [0.25, 0.3) is 22.7 Å². The molecule has 6 nitrogen and oxygen atoms in total. The van der Waals surface area contributed by atoms with E-state index in [0.29, 0.717) is 5.56 Å². The molecule has 5 rings (SSSR count). The number of para-hydroxylation sites is 1. The minimum Gasteiger partial charge on any atom is -0.508 e. The van der Waals surface area contributed by atoms with E-state index in [2.05, 4.69) is 21.9 Å². The molecule has 6 heteroatoms. The van der Waals surface area contributed by atoms with Crippen molar-refractivity contribution in [2.75, 3.05) is 13.1 Å². The number of aliphatic hydroxyl groups excluding tert-OH is 1. The Kier molecular flexibility index (Phi) is 6.96. The molecule has 0 spiro atoms. The minimum atomic E-state index is -0.0886. The number of benzene rings is 3. The van der Waals surface area contributed by atoms with Crippen LogP contribution in [0.1, 0.15) is 34.3 Å². The number of likely N-dealkylation sites (tertiary alicyclic amines) is 1. The van der Waals surface area contributed by atoms with Crippen molar-refractivity contribution in [3.63, 3.8) is 0 Å². The van der Waals surface area contributed by atoms with Gasteiger partial charge in [-0.05, 0) is 30.5 Å². The number of hydrogen-bond donors (Lipinski definition) is 2. The predicted octanol–water partition coefficient (Wildman–Crippen LogP) is 5.46. The normalized spacial score (nSPS) is 14.4. The van der Waals surface area contributed by atoms with Gasteiger partial charge in [-0.15, -0.1) is 0 Å². The largest absolute Gasteiger partial charge is 0.508 e. The maximum atomic E-state index is 13.4. The number of rotatable bonds is 7. The summed E-state index contributed by atoms with van der Waals surface area (Å²) < 4.78 is 1.84. The van der Waals surface area contributed by atoms with Crippen molar-refractivity contribution in [2.24, 2.45) is 0 Å². The Hall–Kier alpha value is -4.16. The highest BCUT2D eigenvalue weighted by atomic mass is 16.3. The lowest BCUT2D eigenvalue weighted by molar-refractivity contribution is 0.0909. The van der Waals surface area contributed by atoms with Gasteiger partial charge in [-0.3, -0.25) is 9.69 Å². The molecule has 182 valence electrons. The lowest BCUT2D eigenvalue weighted by Gasteiger charge is -2.32. The summed E-state index contributed by atoms with van der Waals surface area (Å²) >= 11 is 0. The van der Waals surface area contributed by atoms with Crippen molar-refractivity contribution in [1.29, 1.82) is 0 Å². The zero-order valence-corrected chi connectivity index (χ0v) is 20.2. The Morgan fingerprint density at radius 1 is 0.944 bits per heavy atom. The SMILES string of the molecule is C=C(O)c1ccc(CN2CCC(NC(=O)c3cnn(-c4ccccc4)c3-c3ccccc3)CC2)cc1. The second-order valence-electron chi connectivity index (χ2n) is 9.19. The molecule has 0 unspecified atom stereocenters. The van der Waals surface area contributed by atoms with Crippen LogP contribution in [0.3, 0.4) is 0 Å². The molecule has 2 N–H and O–H groups in total. The summed E-state index contributed by atoms with van der Waals surface area (Å²) in [5.41, 5.74) is 5.19. The summed E-state index contributed by atoms with van der Waals surface area (Å²) in [6.07, 6.45) is 3.46. The van der Waals surface area contributed by atoms with Gasteiger partial charge in [0.1, 0.15) is 5.76 Å². The molecular formula is C30H30N4O2. The third-order valence-electron chi connectivity index (χ3n) is 6.68. The van der Waals surface area contributed by atoms with Crippen LogP contribution in [0, 0.1) is 0 Å². The van der Waals surface area contributed by atoms with Crippen molar-refractivity contribution >= 4 is 11.7 Å². The van der Waals surface area contributed by atoms with Crippen LogP contribution in [0.4, 0.5) is 0 Å². The molecule has 1 aromatic heterocycles. The zero-order chi connectivity index (χ0) is 24.9. The fourth-order valence-corrected chi connectivity index (χ4v) is 4.71. The first-order chi connectivity index (χ1) is 17.6. The maximum absolute atomic E-state index is 13.4. The van der Waals surface area contributed by atoms with Crippen molar-refractivity contribution in [1.82, 2.24) is 20.0 Å².